The molecule has 2 rings (SSSR count). The largest absolute Gasteiger partial charge is 0.313 e. The number of hydrogen-bond donors (Lipinski definition) is 1. The maximum absolute atomic E-state index is 13.7. The van der Waals surface area contributed by atoms with E-state index in [9.17, 15) is 8.78 Å². The minimum atomic E-state index is -0.240. The van der Waals surface area contributed by atoms with Crippen LogP contribution in [0.3, 0.4) is 0 Å². The smallest absolute Gasteiger partial charge is 0.126 e. The summed E-state index contributed by atoms with van der Waals surface area (Å²) in [5.41, 5.74) is 3.48. The van der Waals surface area contributed by atoms with E-state index in [-0.39, 0.29) is 17.7 Å². The third-order valence-electron chi connectivity index (χ3n) is 3.68. The highest BCUT2D eigenvalue weighted by atomic mass is 19.1. The molecule has 0 heterocycles. The van der Waals surface area contributed by atoms with Crippen LogP contribution in [0.5, 0.6) is 0 Å². The standard InChI is InChI=1S/C17H19F2N/c1-11-5-7-15(18)8-14(11)10-17(20-3)13-6-4-12(2)16(19)9-13/h4-9,17,20H,10H2,1-3H3. The van der Waals surface area contributed by atoms with Crippen LogP contribution < -0.4 is 5.32 Å². The van der Waals surface area contributed by atoms with Gasteiger partial charge in [-0.2, -0.15) is 0 Å². The Morgan fingerprint density at radius 1 is 1.00 bits per heavy atom. The number of halogens is 2. The van der Waals surface area contributed by atoms with Gasteiger partial charge in [-0.1, -0.05) is 18.2 Å². The molecule has 0 aliphatic carbocycles. The monoisotopic (exact) mass is 275 g/mol. The van der Waals surface area contributed by atoms with Crippen molar-refractivity contribution in [1.82, 2.24) is 5.32 Å². The van der Waals surface area contributed by atoms with Crippen molar-refractivity contribution in [3.63, 3.8) is 0 Å². The van der Waals surface area contributed by atoms with E-state index >= 15 is 0 Å². The third kappa shape index (κ3) is 3.23. The summed E-state index contributed by atoms with van der Waals surface area (Å²) in [6, 6.07) is 9.97. The van der Waals surface area contributed by atoms with E-state index in [1.165, 1.54) is 6.07 Å². The van der Waals surface area contributed by atoms with Gasteiger partial charge in [0.25, 0.3) is 0 Å². The average molecular weight is 275 g/mol. The third-order valence-corrected chi connectivity index (χ3v) is 3.68. The molecular formula is C17H19F2N. The van der Waals surface area contributed by atoms with Crippen LogP contribution >= 0.6 is 0 Å². The first-order chi connectivity index (χ1) is 9.51. The molecule has 1 N–H and O–H groups in total. The number of hydrogen-bond acceptors (Lipinski definition) is 1. The van der Waals surface area contributed by atoms with Crippen LogP contribution in [0.4, 0.5) is 8.78 Å². The fourth-order valence-electron chi connectivity index (χ4n) is 2.29. The van der Waals surface area contributed by atoms with Crippen molar-refractivity contribution in [2.24, 2.45) is 0 Å². The highest BCUT2D eigenvalue weighted by Gasteiger charge is 2.13. The zero-order valence-corrected chi connectivity index (χ0v) is 12.0. The second-order valence-corrected chi connectivity index (χ2v) is 5.12. The van der Waals surface area contributed by atoms with Gasteiger partial charge in [-0.25, -0.2) is 8.78 Å². The summed E-state index contributed by atoms with van der Waals surface area (Å²) in [5.74, 6) is -0.450. The maximum atomic E-state index is 13.7. The summed E-state index contributed by atoms with van der Waals surface area (Å²) in [5, 5.41) is 3.17. The Labute approximate surface area is 118 Å². The fraction of sp³-hybridized carbons (Fsp3) is 0.294. The minimum Gasteiger partial charge on any atom is -0.313 e. The molecule has 0 bridgehead atoms. The maximum Gasteiger partial charge on any atom is 0.126 e. The van der Waals surface area contributed by atoms with Crippen LogP contribution in [0.25, 0.3) is 0 Å². The molecule has 0 radical (unpaired) electrons. The van der Waals surface area contributed by atoms with Crippen molar-refractivity contribution in [2.45, 2.75) is 26.3 Å². The van der Waals surface area contributed by atoms with Gasteiger partial charge in [0.2, 0.25) is 0 Å². The van der Waals surface area contributed by atoms with Gasteiger partial charge in [0.1, 0.15) is 11.6 Å². The lowest BCUT2D eigenvalue weighted by Crippen LogP contribution is -2.19. The van der Waals surface area contributed by atoms with E-state index in [1.54, 1.807) is 31.2 Å². The van der Waals surface area contributed by atoms with Gasteiger partial charge in [-0.3, -0.25) is 0 Å². The van der Waals surface area contributed by atoms with Gasteiger partial charge in [-0.15, -0.1) is 0 Å². The summed E-state index contributed by atoms with van der Waals surface area (Å²) in [6.45, 7) is 3.70. The SMILES string of the molecule is CNC(Cc1cc(F)ccc1C)c1ccc(C)c(F)c1. The van der Waals surface area contributed by atoms with Crippen molar-refractivity contribution in [3.8, 4) is 0 Å². The molecule has 2 aromatic rings. The second kappa shape index (κ2) is 6.14. The van der Waals surface area contributed by atoms with Crippen molar-refractivity contribution in [2.75, 3.05) is 7.05 Å². The molecule has 0 saturated heterocycles. The fourth-order valence-corrected chi connectivity index (χ4v) is 2.29. The first kappa shape index (κ1) is 14.7. The Balaban J connectivity index is 2.28. The minimum absolute atomic E-state index is 0.0365. The molecule has 1 nitrogen and oxygen atoms in total. The van der Waals surface area contributed by atoms with Gasteiger partial charge < -0.3 is 5.32 Å². The van der Waals surface area contributed by atoms with E-state index in [4.69, 9.17) is 0 Å². The van der Waals surface area contributed by atoms with Crippen LogP contribution in [-0.4, -0.2) is 7.05 Å². The highest BCUT2D eigenvalue weighted by Crippen LogP contribution is 2.22. The Morgan fingerprint density at radius 3 is 2.35 bits per heavy atom. The predicted molar refractivity (Wildman–Crippen MR) is 77.8 cm³/mol. The van der Waals surface area contributed by atoms with Gasteiger partial charge in [-0.05, 0) is 67.8 Å². The van der Waals surface area contributed by atoms with E-state index in [2.05, 4.69) is 5.32 Å². The lowest BCUT2D eigenvalue weighted by atomic mass is 9.95. The van der Waals surface area contributed by atoms with Crippen molar-refractivity contribution >= 4 is 0 Å². The number of rotatable bonds is 4. The molecule has 106 valence electrons. The zero-order chi connectivity index (χ0) is 14.7. The summed E-state index contributed by atoms with van der Waals surface area (Å²) in [7, 11) is 1.83. The van der Waals surface area contributed by atoms with E-state index < -0.39 is 0 Å². The quantitative estimate of drug-likeness (QED) is 0.886. The summed E-state index contributed by atoms with van der Waals surface area (Å²) < 4.78 is 27.0. The number of nitrogens with one attached hydrogen (secondary N) is 1. The Morgan fingerprint density at radius 2 is 1.70 bits per heavy atom. The van der Waals surface area contributed by atoms with Gasteiger partial charge in [0.05, 0.1) is 0 Å². The summed E-state index contributed by atoms with van der Waals surface area (Å²) >= 11 is 0. The zero-order valence-electron chi connectivity index (χ0n) is 12.0. The molecule has 0 spiro atoms. The number of likely N-dealkylation sites (N-methyl/N-ethyl adjacent to an activating group) is 1. The Kier molecular flexibility index (Phi) is 4.50. The molecule has 3 heteroatoms. The first-order valence-corrected chi connectivity index (χ1v) is 6.69. The molecule has 0 amide bonds. The normalized spacial score (nSPS) is 12.4. The molecule has 0 fully saturated rings. The highest BCUT2D eigenvalue weighted by molar-refractivity contribution is 5.31. The van der Waals surface area contributed by atoms with Crippen molar-refractivity contribution < 1.29 is 8.78 Å². The van der Waals surface area contributed by atoms with Crippen molar-refractivity contribution in [3.05, 3.63) is 70.3 Å². The molecule has 1 atom stereocenters. The van der Waals surface area contributed by atoms with Gasteiger partial charge in [0, 0.05) is 6.04 Å². The molecular weight excluding hydrogens is 256 g/mol. The van der Waals surface area contributed by atoms with E-state index in [0.29, 0.717) is 12.0 Å². The molecule has 0 aliphatic heterocycles. The van der Waals surface area contributed by atoms with E-state index in [0.717, 1.165) is 16.7 Å². The molecule has 0 aromatic heterocycles. The first-order valence-electron chi connectivity index (χ1n) is 6.69. The van der Waals surface area contributed by atoms with Gasteiger partial charge >= 0.3 is 0 Å². The topological polar surface area (TPSA) is 12.0 Å². The average Bonchev–Trinajstić information content (AvgIpc) is 2.43. The number of benzene rings is 2. The summed E-state index contributed by atoms with van der Waals surface area (Å²) in [4.78, 5) is 0. The summed E-state index contributed by atoms with van der Waals surface area (Å²) in [6.07, 6.45) is 0.628. The van der Waals surface area contributed by atoms with Crippen LogP contribution in [-0.2, 0) is 6.42 Å². The molecule has 1 unspecified atom stereocenters. The van der Waals surface area contributed by atoms with Crippen molar-refractivity contribution in [1.29, 1.82) is 0 Å². The molecule has 20 heavy (non-hydrogen) atoms. The van der Waals surface area contributed by atoms with E-state index in [1.807, 2.05) is 20.0 Å². The second-order valence-electron chi connectivity index (χ2n) is 5.12. The van der Waals surface area contributed by atoms with Crippen LogP contribution in [0.2, 0.25) is 0 Å². The lowest BCUT2D eigenvalue weighted by Gasteiger charge is -2.18. The van der Waals surface area contributed by atoms with Crippen LogP contribution in [0, 0.1) is 25.5 Å². The molecule has 0 saturated carbocycles. The van der Waals surface area contributed by atoms with Gasteiger partial charge in [0.15, 0.2) is 0 Å². The number of aryl methyl sites for hydroxylation is 2. The Bertz CT molecular complexity index is 608. The molecule has 2 aromatic carbocycles. The van der Waals surface area contributed by atoms with Crippen LogP contribution in [0.15, 0.2) is 36.4 Å². The van der Waals surface area contributed by atoms with Crippen LogP contribution in [0.1, 0.15) is 28.3 Å². The molecule has 0 aliphatic rings. The predicted octanol–water partition coefficient (Wildman–Crippen LogP) is 4.08. The Hall–Kier alpha value is -1.74. The lowest BCUT2D eigenvalue weighted by molar-refractivity contribution is 0.569.